The lowest BCUT2D eigenvalue weighted by atomic mass is 9.88. The highest BCUT2D eigenvalue weighted by Crippen LogP contribution is 2.24. The molecule has 0 bridgehead atoms. The molecule has 2 N–H and O–H groups in total. The van der Waals surface area contributed by atoms with Gasteiger partial charge in [0.05, 0.1) is 6.07 Å². The van der Waals surface area contributed by atoms with Gasteiger partial charge < -0.3 is 10.6 Å². The van der Waals surface area contributed by atoms with Crippen LogP contribution in [0.5, 0.6) is 0 Å². The molecule has 0 radical (unpaired) electrons. The molecule has 1 heterocycles. The molecule has 1 aliphatic heterocycles. The molecule has 1 unspecified atom stereocenters. The van der Waals surface area contributed by atoms with Gasteiger partial charge in [0, 0.05) is 6.54 Å². The Morgan fingerprint density at radius 2 is 1.95 bits per heavy atom. The van der Waals surface area contributed by atoms with Crippen molar-refractivity contribution >= 4 is 0 Å². The quantitative estimate of drug-likeness (QED) is 0.896. The number of nitriles is 1. The van der Waals surface area contributed by atoms with Gasteiger partial charge in [0.2, 0.25) is 0 Å². The third kappa shape index (κ3) is 3.59. The molecule has 0 aliphatic carbocycles. The van der Waals surface area contributed by atoms with Crippen molar-refractivity contribution in [3.8, 4) is 6.07 Å². The summed E-state index contributed by atoms with van der Waals surface area (Å²) in [5.74, 6) is 0.888. The maximum Gasteiger partial charge on any atom is 0.131 e. The van der Waals surface area contributed by atoms with Crippen molar-refractivity contribution < 1.29 is 0 Å². The highest BCUT2D eigenvalue weighted by atomic mass is 15.1. The maximum absolute atomic E-state index is 9.45. The summed E-state index contributed by atoms with van der Waals surface area (Å²) >= 11 is 0. The molecule has 1 atom stereocenters. The van der Waals surface area contributed by atoms with Gasteiger partial charge in [-0.2, -0.15) is 5.26 Å². The smallest absolute Gasteiger partial charge is 0.131 e. The highest BCUT2D eigenvalue weighted by Gasteiger charge is 2.28. The van der Waals surface area contributed by atoms with E-state index in [0.29, 0.717) is 6.42 Å². The highest BCUT2D eigenvalue weighted by molar-refractivity contribution is 5.30. The fraction of sp³-hybridized carbons (Fsp3) is 0.588. The van der Waals surface area contributed by atoms with Gasteiger partial charge in [0.1, 0.15) is 5.54 Å². The number of hydrogen-bond donors (Lipinski definition) is 1. The van der Waals surface area contributed by atoms with E-state index in [1.54, 1.807) is 0 Å². The monoisotopic (exact) mass is 271 g/mol. The maximum atomic E-state index is 9.45. The Balaban J connectivity index is 1.90. The summed E-state index contributed by atoms with van der Waals surface area (Å²) in [5.41, 5.74) is 6.37. The minimum Gasteiger partial charge on any atom is -0.310 e. The summed E-state index contributed by atoms with van der Waals surface area (Å²) in [5, 5.41) is 9.45. The van der Waals surface area contributed by atoms with E-state index >= 15 is 0 Å². The molecule has 1 aromatic rings. The zero-order chi connectivity index (χ0) is 14.4. The van der Waals surface area contributed by atoms with Crippen LogP contribution in [0.4, 0.5) is 0 Å². The second kappa shape index (κ2) is 6.88. The molecule has 1 fully saturated rings. The first-order valence-electron chi connectivity index (χ1n) is 7.66. The Hall–Kier alpha value is -1.37. The van der Waals surface area contributed by atoms with Crippen molar-refractivity contribution in [1.29, 1.82) is 5.26 Å². The first-order chi connectivity index (χ1) is 9.68. The number of nitrogens with two attached hydrogens (primary N) is 1. The fourth-order valence-electron chi connectivity index (χ4n) is 2.95. The van der Waals surface area contributed by atoms with Gasteiger partial charge in [-0.1, -0.05) is 43.7 Å². The van der Waals surface area contributed by atoms with Crippen LogP contribution in [-0.4, -0.2) is 24.5 Å². The third-order valence-corrected chi connectivity index (χ3v) is 4.60. The molecule has 0 aromatic heterocycles. The topological polar surface area (TPSA) is 53.0 Å². The summed E-state index contributed by atoms with van der Waals surface area (Å²) in [6.07, 6.45) is 4.55. The second-order valence-corrected chi connectivity index (χ2v) is 5.89. The zero-order valence-corrected chi connectivity index (χ0v) is 12.4. The molecule has 2 rings (SSSR count). The minimum absolute atomic E-state index is 0.699. The standard InChI is InChI=1S/C17H25N3/c1-2-15-8-11-20(12-9-15)13-10-17(19,14-18)16-6-4-3-5-7-16/h3-7,15H,2,8-13,19H2,1H3. The molecule has 3 heteroatoms. The molecule has 0 saturated carbocycles. The summed E-state index contributed by atoms with van der Waals surface area (Å²) < 4.78 is 0. The van der Waals surface area contributed by atoms with Gasteiger partial charge in [0.15, 0.2) is 0 Å². The molecule has 108 valence electrons. The Labute approximate surface area is 122 Å². The van der Waals surface area contributed by atoms with Gasteiger partial charge >= 0.3 is 0 Å². The van der Waals surface area contributed by atoms with E-state index in [9.17, 15) is 5.26 Å². The minimum atomic E-state index is -0.858. The van der Waals surface area contributed by atoms with E-state index in [0.717, 1.165) is 31.1 Å². The lowest BCUT2D eigenvalue weighted by Gasteiger charge is -2.33. The largest absolute Gasteiger partial charge is 0.310 e. The third-order valence-electron chi connectivity index (χ3n) is 4.60. The van der Waals surface area contributed by atoms with Crippen molar-refractivity contribution in [1.82, 2.24) is 4.90 Å². The van der Waals surface area contributed by atoms with E-state index in [1.807, 2.05) is 30.3 Å². The predicted molar refractivity (Wildman–Crippen MR) is 82.0 cm³/mol. The van der Waals surface area contributed by atoms with Crippen molar-refractivity contribution in [2.75, 3.05) is 19.6 Å². The molecular formula is C17H25N3. The summed E-state index contributed by atoms with van der Waals surface area (Å²) in [4.78, 5) is 2.45. The molecule has 0 amide bonds. The van der Waals surface area contributed by atoms with Crippen LogP contribution in [0, 0.1) is 17.2 Å². The average molecular weight is 271 g/mol. The van der Waals surface area contributed by atoms with Crippen molar-refractivity contribution in [2.24, 2.45) is 11.7 Å². The number of benzene rings is 1. The van der Waals surface area contributed by atoms with Crippen LogP contribution in [0.3, 0.4) is 0 Å². The molecule has 3 nitrogen and oxygen atoms in total. The molecule has 1 aromatic carbocycles. The Kier molecular flexibility index (Phi) is 5.17. The SMILES string of the molecule is CCC1CCN(CCC(N)(C#N)c2ccccc2)CC1. The van der Waals surface area contributed by atoms with Gasteiger partial charge in [-0.25, -0.2) is 0 Å². The van der Waals surface area contributed by atoms with E-state index in [4.69, 9.17) is 5.73 Å². The molecule has 0 spiro atoms. The Bertz CT molecular complexity index is 443. The van der Waals surface area contributed by atoms with E-state index in [-0.39, 0.29) is 0 Å². The van der Waals surface area contributed by atoms with Crippen LogP contribution in [0.2, 0.25) is 0 Å². The average Bonchev–Trinajstić information content (AvgIpc) is 2.54. The number of rotatable bonds is 5. The van der Waals surface area contributed by atoms with Crippen LogP contribution < -0.4 is 5.73 Å². The lowest BCUT2D eigenvalue weighted by Crippen LogP contribution is -2.41. The van der Waals surface area contributed by atoms with Crippen LogP contribution in [0.1, 0.15) is 38.2 Å². The number of hydrogen-bond acceptors (Lipinski definition) is 3. The van der Waals surface area contributed by atoms with Gasteiger partial charge in [0.25, 0.3) is 0 Å². The summed E-state index contributed by atoms with van der Waals surface area (Å²) in [6, 6.07) is 12.1. The van der Waals surface area contributed by atoms with E-state index < -0.39 is 5.54 Å². The lowest BCUT2D eigenvalue weighted by molar-refractivity contribution is 0.172. The molecule has 20 heavy (non-hydrogen) atoms. The van der Waals surface area contributed by atoms with Crippen molar-refractivity contribution in [3.05, 3.63) is 35.9 Å². The van der Waals surface area contributed by atoms with Gasteiger partial charge in [-0.3, -0.25) is 0 Å². The van der Waals surface area contributed by atoms with Gasteiger partial charge in [-0.05, 0) is 43.8 Å². The summed E-state index contributed by atoms with van der Waals surface area (Å²) in [7, 11) is 0. The second-order valence-electron chi connectivity index (χ2n) is 5.89. The predicted octanol–water partition coefficient (Wildman–Crippen LogP) is 2.88. The first-order valence-corrected chi connectivity index (χ1v) is 7.66. The summed E-state index contributed by atoms with van der Waals surface area (Å²) in [6.45, 7) is 5.48. The van der Waals surface area contributed by atoms with Crippen LogP contribution >= 0.6 is 0 Å². The molecule has 1 saturated heterocycles. The van der Waals surface area contributed by atoms with Crippen LogP contribution in [0.25, 0.3) is 0 Å². The van der Waals surface area contributed by atoms with E-state index in [1.165, 1.54) is 19.3 Å². The zero-order valence-electron chi connectivity index (χ0n) is 12.4. The number of piperidine rings is 1. The molecule has 1 aliphatic rings. The van der Waals surface area contributed by atoms with Crippen LogP contribution in [-0.2, 0) is 5.54 Å². The normalized spacial score (nSPS) is 20.2. The van der Waals surface area contributed by atoms with Gasteiger partial charge in [-0.15, -0.1) is 0 Å². The van der Waals surface area contributed by atoms with E-state index in [2.05, 4.69) is 17.9 Å². The van der Waals surface area contributed by atoms with Crippen molar-refractivity contribution in [3.63, 3.8) is 0 Å². The fourth-order valence-corrected chi connectivity index (χ4v) is 2.95. The van der Waals surface area contributed by atoms with Crippen LogP contribution in [0.15, 0.2) is 30.3 Å². The Morgan fingerprint density at radius 1 is 1.30 bits per heavy atom. The first kappa shape index (κ1) is 15.0. The Morgan fingerprint density at radius 3 is 2.50 bits per heavy atom. The van der Waals surface area contributed by atoms with Crippen molar-refractivity contribution in [2.45, 2.75) is 38.1 Å². The number of nitrogens with zero attached hydrogens (tertiary/aromatic N) is 2. The molecular weight excluding hydrogens is 246 g/mol. The number of likely N-dealkylation sites (tertiary alicyclic amines) is 1.